The van der Waals surface area contributed by atoms with Crippen LogP contribution in [0.15, 0.2) is 6.20 Å². The van der Waals surface area contributed by atoms with E-state index < -0.39 is 0 Å². The quantitative estimate of drug-likeness (QED) is 0.776. The third-order valence-corrected chi connectivity index (χ3v) is 2.26. The lowest BCUT2D eigenvalue weighted by Gasteiger charge is -2.19. The maximum atomic E-state index is 3.95. The summed E-state index contributed by atoms with van der Waals surface area (Å²) in [4.78, 5) is 0. The second-order valence-corrected chi connectivity index (χ2v) is 4.02. The number of aromatic nitrogens is 3. The van der Waals surface area contributed by atoms with Crippen molar-refractivity contribution in [3.05, 3.63) is 11.9 Å². The van der Waals surface area contributed by atoms with E-state index in [0.29, 0.717) is 12.0 Å². The topological polar surface area (TPSA) is 42.7 Å². The molecule has 4 nitrogen and oxygen atoms in total. The zero-order valence-corrected chi connectivity index (χ0v) is 9.49. The van der Waals surface area contributed by atoms with Crippen LogP contribution in [0.25, 0.3) is 0 Å². The highest BCUT2D eigenvalue weighted by Gasteiger charge is 2.15. The first-order chi connectivity index (χ1) is 6.65. The first kappa shape index (κ1) is 11.2. The average molecular weight is 196 g/mol. The van der Waals surface area contributed by atoms with Gasteiger partial charge in [0.15, 0.2) is 0 Å². The van der Waals surface area contributed by atoms with Crippen molar-refractivity contribution in [2.45, 2.75) is 33.2 Å². The molecule has 0 fully saturated rings. The van der Waals surface area contributed by atoms with Gasteiger partial charge in [-0.05, 0) is 18.9 Å². The third kappa shape index (κ3) is 2.80. The van der Waals surface area contributed by atoms with Gasteiger partial charge in [0, 0.05) is 7.05 Å². The molecule has 1 unspecified atom stereocenters. The lowest BCUT2D eigenvalue weighted by Crippen LogP contribution is -2.24. The van der Waals surface area contributed by atoms with Crippen molar-refractivity contribution in [1.29, 1.82) is 0 Å². The van der Waals surface area contributed by atoms with E-state index in [-0.39, 0.29) is 0 Å². The number of hydrogen-bond donors (Lipinski definition) is 1. The SMILES string of the molecule is CCNC(CC(C)C)c1cnnn1C. The Morgan fingerprint density at radius 1 is 1.50 bits per heavy atom. The Kier molecular flexibility index (Phi) is 4.07. The fraction of sp³-hybridized carbons (Fsp3) is 0.800. The second-order valence-electron chi connectivity index (χ2n) is 4.02. The van der Waals surface area contributed by atoms with Gasteiger partial charge in [-0.15, -0.1) is 5.10 Å². The van der Waals surface area contributed by atoms with E-state index in [0.717, 1.165) is 13.0 Å². The summed E-state index contributed by atoms with van der Waals surface area (Å²) in [6, 6.07) is 0.375. The van der Waals surface area contributed by atoms with Crippen molar-refractivity contribution >= 4 is 0 Å². The zero-order valence-electron chi connectivity index (χ0n) is 9.49. The molecule has 1 rings (SSSR count). The minimum atomic E-state index is 0.375. The first-order valence-electron chi connectivity index (χ1n) is 5.23. The molecule has 1 N–H and O–H groups in total. The summed E-state index contributed by atoms with van der Waals surface area (Å²) in [5, 5.41) is 11.3. The fourth-order valence-corrected chi connectivity index (χ4v) is 1.64. The molecule has 0 radical (unpaired) electrons. The number of aryl methyl sites for hydroxylation is 1. The van der Waals surface area contributed by atoms with Crippen LogP contribution >= 0.6 is 0 Å². The smallest absolute Gasteiger partial charge is 0.0753 e. The van der Waals surface area contributed by atoms with Crippen LogP contribution in [0.4, 0.5) is 0 Å². The predicted octanol–water partition coefficient (Wildman–Crippen LogP) is 1.51. The Morgan fingerprint density at radius 2 is 2.21 bits per heavy atom. The Balaban J connectivity index is 2.72. The summed E-state index contributed by atoms with van der Waals surface area (Å²) in [5.74, 6) is 0.675. The maximum absolute atomic E-state index is 3.95. The van der Waals surface area contributed by atoms with Gasteiger partial charge in [-0.2, -0.15) is 0 Å². The normalized spacial score (nSPS) is 13.5. The molecule has 0 bridgehead atoms. The molecule has 80 valence electrons. The van der Waals surface area contributed by atoms with E-state index in [1.54, 1.807) is 0 Å². The summed E-state index contributed by atoms with van der Waals surface area (Å²) in [6.07, 6.45) is 2.96. The van der Waals surface area contributed by atoms with Crippen LogP contribution in [0.5, 0.6) is 0 Å². The van der Waals surface area contributed by atoms with Gasteiger partial charge < -0.3 is 5.32 Å². The highest BCUT2D eigenvalue weighted by Crippen LogP contribution is 2.19. The summed E-state index contributed by atoms with van der Waals surface area (Å²) in [6.45, 7) is 7.56. The monoisotopic (exact) mass is 196 g/mol. The van der Waals surface area contributed by atoms with Crippen molar-refractivity contribution < 1.29 is 0 Å². The van der Waals surface area contributed by atoms with Crippen LogP contribution < -0.4 is 5.32 Å². The number of nitrogens with one attached hydrogen (secondary N) is 1. The van der Waals surface area contributed by atoms with E-state index in [1.807, 2.05) is 17.9 Å². The van der Waals surface area contributed by atoms with Crippen molar-refractivity contribution in [2.75, 3.05) is 6.54 Å². The van der Waals surface area contributed by atoms with E-state index in [4.69, 9.17) is 0 Å². The molecule has 0 saturated carbocycles. The Hall–Kier alpha value is -0.900. The number of rotatable bonds is 5. The zero-order chi connectivity index (χ0) is 10.6. The molecule has 4 heteroatoms. The summed E-state index contributed by atoms with van der Waals surface area (Å²) < 4.78 is 1.84. The van der Waals surface area contributed by atoms with Crippen LogP contribution in [-0.2, 0) is 7.05 Å². The molecule has 0 aliphatic carbocycles. The molecule has 1 aromatic rings. The lowest BCUT2D eigenvalue weighted by molar-refractivity contribution is 0.417. The van der Waals surface area contributed by atoms with Gasteiger partial charge in [0.25, 0.3) is 0 Å². The number of hydrogen-bond acceptors (Lipinski definition) is 3. The third-order valence-electron chi connectivity index (χ3n) is 2.26. The van der Waals surface area contributed by atoms with Crippen molar-refractivity contribution in [2.24, 2.45) is 13.0 Å². The molecular formula is C10H20N4. The molecule has 0 amide bonds. The van der Waals surface area contributed by atoms with Gasteiger partial charge in [-0.1, -0.05) is 26.0 Å². The summed E-state index contributed by atoms with van der Waals surface area (Å²) in [7, 11) is 1.94. The molecule has 0 aliphatic rings. The average Bonchev–Trinajstić information content (AvgIpc) is 2.50. The fourth-order valence-electron chi connectivity index (χ4n) is 1.64. The van der Waals surface area contributed by atoms with Crippen LogP contribution in [0.2, 0.25) is 0 Å². The van der Waals surface area contributed by atoms with Gasteiger partial charge in [-0.3, -0.25) is 4.68 Å². The minimum absolute atomic E-state index is 0.375. The molecule has 0 aromatic carbocycles. The van der Waals surface area contributed by atoms with Gasteiger partial charge in [0.1, 0.15) is 0 Å². The molecule has 1 aromatic heterocycles. The highest BCUT2D eigenvalue weighted by molar-refractivity contribution is 5.01. The standard InChI is InChI=1S/C10H20N4/c1-5-11-9(6-8(2)3)10-7-12-13-14(10)4/h7-9,11H,5-6H2,1-4H3. The van der Waals surface area contributed by atoms with E-state index >= 15 is 0 Å². The Morgan fingerprint density at radius 3 is 2.64 bits per heavy atom. The Labute approximate surface area is 85.7 Å². The largest absolute Gasteiger partial charge is 0.309 e. The van der Waals surface area contributed by atoms with Gasteiger partial charge >= 0.3 is 0 Å². The molecule has 0 spiro atoms. The molecule has 14 heavy (non-hydrogen) atoms. The van der Waals surface area contributed by atoms with Gasteiger partial charge in [0.2, 0.25) is 0 Å². The van der Waals surface area contributed by atoms with Crippen molar-refractivity contribution in [3.63, 3.8) is 0 Å². The van der Waals surface area contributed by atoms with Crippen molar-refractivity contribution in [3.8, 4) is 0 Å². The van der Waals surface area contributed by atoms with Gasteiger partial charge in [-0.25, -0.2) is 0 Å². The second kappa shape index (κ2) is 5.10. The van der Waals surface area contributed by atoms with E-state index in [9.17, 15) is 0 Å². The van der Waals surface area contributed by atoms with Crippen LogP contribution in [0.1, 0.15) is 38.9 Å². The van der Waals surface area contributed by atoms with Crippen LogP contribution in [0.3, 0.4) is 0 Å². The summed E-state index contributed by atoms with van der Waals surface area (Å²) in [5.41, 5.74) is 1.17. The lowest BCUT2D eigenvalue weighted by atomic mass is 10.0. The molecule has 1 heterocycles. The molecule has 0 saturated heterocycles. The molecule has 1 atom stereocenters. The van der Waals surface area contributed by atoms with E-state index in [1.165, 1.54) is 5.69 Å². The molecular weight excluding hydrogens is 176 g/mol. The van der Waals surface area contributed by atoms with Crippen LogP contribution in [0, 0.1) is 5.92 Å². The predicted molar refractivity (Wildman–Crippen MR) is 56.9 cm³/mol. The minimum Gasteiger partial charge on any atom is -0.309 e. The Bertz CT molecular complexity index is 267. The summed E-state index contributed by atoms with van der Waals surface area (Å²) >= 11 is 0. The van der Waals surface area contributed by atoms with Gasteiger partial charge in [0.05, 0.1) is 17.9 Å². The first-order valence-corrected chi connectivity index (χ1v) is 5.23. The van der Waals surface area contributed by atoms with Crippen LogP contribution in [-0.4, -0.2) is 21.5 Å². The molecule has 0 aliphatic heterocycles. The number of nitrogens with zero attached hydrogens (tertiary/aromatic N) is 3. The maximum Gasteiger partial charge on any atom is 0.0753 e. The highest BCUT2D eigenvalue weighted by atomic mass is 15.4. The van der Waals surface area contributed by atoms with Crippen molar-refractivity contribution in [1.82, 2.24) is 20.3 Å². The van der Waals surface area contributed by atoms with E-state index in [2.05, 4.69) is 36.4 Å².